The molecule has 2 aromatic heterocycles. The van der Waals surface area contributed by atoms with E-state index in [1.165, 1.54) is 35.0 Å². The van der Waals surface area contributed by atoms with Crippen molar-refractivity contribution in [1.29, 1.82) is 0 Å². The summed E-state index contributed by atoms with van der Waals surface area (Å²) in [7, 11) is 5.14. The maximum atomic E-state index is 13.4. The number of rotatable bonds is 6. The van der Waals surface area contributed by atoms with Gasteiger partial charge in [-0.15, -0.1) is 0 Å². The molecule has 0 saturated carbocycles. The number of alkyl halides is 2. The summed E-state index contributed by atoms with van der Waals surface area (Å²) in [5.74, 6) is -2.90. The van der Waals surface area contributed by atoms with Gasteiger partial charge in [-0.1, -0.05) is 12.1 Å². The van der Waals surface area contributed by atoms with Gasteiger partial charge < -0.3 is 26.8 Å². The average molecular weight is 442 g/mol. The van der Waals surface area contributed by atoms with Crippen molar-refractivity contribution < 1.29 is 24.1 Å². The van der Waals surface area contributed by atoms with E-state index >= 15 is 0 Å². The molecule has 0 fully saturated rings. The van der Waals surface area contributed by atoms with Crippen molar-refractivity contribution in [2.24, 2.45) is 10.7 Å². The molecule has 2 radical (unpaired) electrons. The second-order valence-electron chi connectivity index (χ2n) is 7.37. The number of nitrogens with two attached hydrogens (primary N) is 2. The molecule has 1 aromatic carbocycles. The smallest absolute Gasteiger partial charge is 0.270 e. The molecular formula is C20H21BF2N6O3. The van der Waals surface area contributed by atoms with Crippen LogP contribution in [-0.4, -0.2) is 55.5 Å². The van der Waals surface area contributed by atoms with Gasteiger partial charge in [-0.05, 0) is 43.3 Å². The normalized spacial score (nSPS) is 15.1. The summed E-state index contributed by atoms with van der Waals surface area (Å²) in [6, 6.07) is 4.48. The predicted octanol–water partition coefficient (Wildman–Crippen LogP) is 0.785. The Morgan fingerprint density at radius 2 is 2.00 bits per heavy atom. The van der Waals surface area contributed by atoms with E-state index in [0.29, 0.717) is 11.3 Å². The fraction of sp³-hybridized carbons (Fsp3) is 0.250. The molecule has 1 unspecified atom stereocenters. The molecule has 0 bridgehead atoms. The van der Waals surface area contributed by atoms with Crippen LogP contribution < -0.4 is 11.5 Å². The lowest BCUT2D eigenvalue weighted by Crippen LogP contribution is -2.30. The number of benzene rings is 1. The molecule has 3 aromatic rings. The van der Waals surface area contributed by atoms with E-state index in [2.05, 4.69) is 15.0 Å². The number of allylic oxidation sites excluding steroid dienone is 1. The molecule has 0 aliphatic carbocycles. The number of aliphatic hydroxyl groups is 3. The molecule has 0 saturated heterocycles. The van der Waals surface area contributed by atoms with Gasteiger partial charge in [-0.25, -0.2) is 23.7 Å². The lowest BCUT2D eigenvalue weighted by molar-refractivity contribution is -0.0883. The maximum absolute atomic E-state index is 13.4. The molecule has 166 valence electrons. The first-order valence-electron chi connectivity index (χ1n) is 9.33. The fourth-order valence-electron chi connectivity index (χ4n) is 3.12. The number of hydrogen-bond donors (Lipinski definition) is 5. The van der Waals surface area contributed by atoms with Gasteiger partial charge in [0.15, 0.2) is 19.3 Å². The zero-order valence-electron chi connectivity index (χ0n) is 17.2. The Kier molecular flexibility index (Phi) is 6.05. The Hall–Kier alpha value is -3.35. The minimum absolute atomic E-state index is 0.0150. The van der Waals surface area contributed by atoms with E-state index in [0.717, 1.165) is 18.7 Å². The SMILES string of the molecule is [B]C(O)(O)N=C(C=CN)c1cn2c(-c3cc(C(C)(O)C(F)F)ccc3C)cnc2c(N)n1. The van der Waals surface area contributed by atoms with Crippen molar-refractivity contribution in [2.75, 3.05) is 5.73 Å². The highest BCUT2D eigenvalue weighted by atomic mass is 19.3. The van der Waals surface area contributed by atoms with Crippen molar-refractivity contribution in [3.8, 4) is 11.3 Å². The zero-order valence-corrected chi connectivity index (χ0v) is 17.2. The number of fused-ring (bicyclic) bond motifs is 1. The molecule has 0 spiro atoms. The van der Waals surface area contributed by atoms with Gasteiger partial charge in [0.25, 0.3) is 6.43 Å². The summed E-state index contributed by atoms with van der Waals surface area (Å²) < 4.78 is 28.2. The Morgan fingerprint density at radius 3 is 2.59 bits per heavy atom. The average Bonchev–Trinajstić information content (AvgIpc) is 3.11. The number of halogens is 2. The Labute approximate surface area is 183 Å². The highest BCUT2D eigenvalue weighted by Crippen LogP contribution is 2.33. The van der Waals surface area contributed by atoms with Gasteiger partial charge in [0, 0.05) is 11.8 Å². The number of anilines is 1. The van der Waals surface area contributed by atoms with E-state index in [-0.39, 0.29) is 28.4 Å². The number of aryl methyl sites for hydroxylation is 1. The molecule has 0 aliphatic rings. The zero-order chi connectivity index (χ0) is 23.8. The molecule has 0 aliphatic heterocycles. The van der Waals surface area contributed by atoms with Crippen LogP contribution in [0.25, 0.3) is 16.9 Å². The Morgan fingerprint density at radius 1 is 1.31 bits per heavy atom. The minimum atomic E-state index is -3.00. The predicted molar refractivity (Wildman–Crippen MR) is 116 cm³/mol. The number of nitrogens with zero attached hydrogens (tertiary/aromatic N) is 4. The Balaban J connectivity index is 2.26. The third-order valence-corrected chi connectivity index (χ3v) is 4.84. The molecule has 32 heavy (non-hydrogen) atoms. The first kappa shape index (κ1) is 23.3. The quantitative estimate of drug-likeness (QED) is 0.215. The van der Waals surface area contributed by atoms with Gasteiger partial charge in [0.1, 0.15) is 11.3 Å². The summed E-state index contributed by atoms with van der Waals surface area (Å²) in [5, 5.41) is 29.1. The molecule has 3 rings (SSSR count). The van der Waals surface area contributed by atoms with Crippen molar-refractivity contribution >= 4 is 25.0 Å². The highest BCUT2D eigenvalue weighted by molar-refractivity contribution is 6.16. The Bertz CT molecular complexity index is 1220. The minimum Gasteiger partial charge on any atom is -0.405 e. The highest BCUT2D eigenvalue weighted by Gasteiger charge is 2.34. The van der Waals surface area contributed by atoms with Gasteiger partial charge in [-0.2, -0.15) is 0 Å². The summed E-state index contributed by atoms with van der Waals surface area (Å²) in [6.07, 6.45) is 2.27. The van der Waals surface area contributed by atoms with E-state index in [9.17, 15) is 24.1 Å². The van der Waals surface area contributed by atoms with Crippen LogP contribution in [0.3, 0.4) is 0 Å². The van der Waals surface area contributed by atoms with Crippen LogP contribution in [0.2, 0.25) is 0 Å². The summed E-state index contributed by atoms with van der Waals surface area (Å²) in [6.45, 7) is 2.80. The van der Waals surface area contributed by atoms with Crippen molar-refractivity contribution in [2.45, 2.75) is 31.7 Å². The standard InChI is InChI=1S/C20H21BF2N6O3/c1-10-3-4-11(19(2,30)18(22)23)7-12(10)15-8-26-17-16(25)27-14(9-29(15)17)13(5-6-24)28-20(21,31)32/h3-9,18,30-32H,24H2,1-2H3,(H2,25,27). The fourth-order valence-corrected chi connectivity index (χ4v) is 3.12. The largest absolute Gasteiger partial charge is 0.405 e. The molecule has 7 N–H and O–H groups in total. The van der Waals surface area contributed by atoms with Gasteiger partial charge in [-0.3, -0.25) is 4.40 Å². The molecular weight excluding hydrogens is 421 g/mol. The van der Waals surface area contributed by atoms with E-state index in [1.54, 1.807) is 13.0 Å². The molecule has 2 heterocycles. The van der Waals surface area contributed by atoms with Crippen molar-refractivity contribution in [3.05, 3.63) is 59.7 Å². The third-order valence-electron chi connectivity index (χ3n) is 4.84. The molecule has 12 heteroatoms. The van der Waals surface area contributed by atoms with Crippen LogP contribution in [0.15, 0.2) is 47.9 Å². The van der Waals surface area contributed by atoms with E-state index in [4.69, 9.17) is 19.3 Å². The lowest BCUT2D eigenvalue weighted by atomic mass is 9.92. The summed E-state index contributed by atoms with van der Waals surface area (Å²) in [5.41, 5.74) is 11.1. The van der Waals surface area contributed by atoms with Crippen molar-refractivity contribution in [3.63, 3.8) is 0 Å². The topological polar surface area (TPSA) is 155 Å². The summed E-state index contributed by atoms with van der Waals surface area (Å²) in [4.78, 5) is 12.0. The van der Waals surface area contributed by atoms with Gasteiger partial charge in [0.2, 0.25) is 5.81 Å². The number of hydrogen-bond acceptors (Lipinski definition) is 8. The van der Waals surface area contributed by atoms with Crippen LogP contribution in [0.1, 0.15) is 23.7 Å². The summed E-state index contributed by atoms with van der Waals surface area (Å²) >= 11 is 0. The van der Waals surface area contributed by atoms with Crippen molar-refractivity contribution in [1.82, 2.24) is 14.4 Å². The number of nitrogen functional groups attached to an aromatic ring is 1. The van der Waals surface area contributed by atoms with Crippen LogP contribution >= 0.6 is 0 Å². The van der Waals surface area contributed by atoms with Crippen LogP contribution in [-0.2, 0) is 5.60 Å². The third kappa shape index (κ3) is 4.47. The van der Waals surface area contributed by atoms with Crippen LogP contribution in [0, 0.1) is 6.92 Å². The van der Waals surface area contributed by atoms with E-state index in [1.807, 2.05) is 0 Å². The second kappa shape index (κ2) is 8.30. The molecule has 1 atom stereocenters. The monoisotopic (exact) mass is 442 g/mol. The maximum Gasteiger partial charge on any atom is 0.270 e. The van der Waals surface area contributed by atoms with Crippen LogP contribution in [0.5, 0.6) is 0 Å². The van der Waals surface area contributed by atoms with E-state index < -0.39 is 17.8 Å². The molecule has 0 amide bonds. The second-order valence-corrected chi connectivity index (χ2v) is 7.37. The lowest BCUT2D eigenvalue weighted by Gasteiger charge is -2.23. The number of imidazole rings is 1. The van der Waals surface area contributed by atoms with Gasteiger partial charge in [0.05, 0.1) is 17.6 Å². The number of aliphatic imine (C=N–C) groups is 1. The first-order valence-corrected chi connectivity index (χ1v) is 9.33. The van der Waals surface area contributed by atoms with Crippen LogP contribution in [0.4, 0.5) is 14.6 Å². The van der Waals surface area contributed by atoms with Gasteiger partial charge >= 0.3 is 0 Å². The number of aromatic nitrogens is 3. The molecule has 9 nitrogen and oxygen atoms in total. The first-order chi connectivity index (χ1) is 14.8.